The van der Waals surface area contributed by atoms with Gasteiger partial charge in [-0.25, -0.2) is 14.4 Å². The van der Waals surface area contributed by atoms with Crippen molar-refractivity contribution in [2.24, 2.45) is 0 Å². The molecule has 0 unspecified atom stereocenters. The van der Waals surface area contributed by atoms with Crippen LogP contribution in [0.4, 0.5) is 21.7 Å². The van der Waals surface area contributed by atoms with Gasteiger partial charge in [0.2, 0.25) is 0 Å². The molecule has 1 N–H and O–H groups in total. The molecule has 1 saturated heterocycles. The Morgan fingerprint density at radius 1 is 1.04 bits per heavy atom. The maximum Gasteiger partial charge on any atom is 0.134 e. The Morgan fingerprint density at radius 3 is 2.40 bits per heavy atom. The zero-order valence-electron chi connectivity index (χ0n) is 14.8. The predicted octanol–water partition coefficient (Wildman–Crippen LogP) is 1.92. The number of rotatable bonds is 6. The molecule has 7 heteroatoms. The van der Waals surface area contributed by atoms with E-state index in [0.29, 0.717) is 0 Å². The van der Waals surface area contributed by atoms with Gasteiger partial charge in [0.1, 0.15) is 23.8 Å². The first-order valence-electron chi connectivity index (χ1n) is 8.58. The average molecular weight is 344 g/mol. The maximum absolute atomic E-state index is 13.1. The highest BCUT2D eigenvalue weighted by Crippen LogP contribution is 2.20. The monoisotopic (exact) mass is 344 g/mol. The van der Waals surface area contributed by atoms with Crippen LogP contribution in [0, 0.1) is 5.82 Å². The van der Waals surface area contributed by atoms with Crippen LogP contribution in [0.15, 0.2) is 36.7 Å². The molecule has 1 aliphatic rings. The van der Waals surface area contributed by atoms with E-state index in [4.69, 9.17) is 0 Å². The third-order valence-electron chi connectivity index (χ3n) is 4.31. The van der Waals surface area contributed by atoms with Crippen molar-refractivity contribution in [3.05, 3.63) is 42.5 Å². The lowest BCUT2D eigenvalue weighted by atomic mass is 10.2. The molecule has 1 fully saturated rings. The third kappa shape index (κ3) is 4.79. The van der Waals surface area contributed by atoms with E-state index in [9.17, 15) is 4.39 Å². The Labute approximate surface area is 148 Å². The van der Waals surface area contributed by atoms with Crippen molar-refractivity contribution >= 4 is 17.3 Å². The van der Waals surface area contributed by atoms with Gasteiger partial charge in [-0.2, -0.15) is 0 Å². The summed E-state index contributed by atoms with van der Waals surface area (Å²) in [7, 11) is 4.10. The van der Waals surface area contributed by atoms with Crippen LogP contribution in [0.25, 0.3) is 0 Å². The molecule has 0 atom stereocenters. The van der Waals surface area contributed by atoms with Crippen LogP contribution < -0.4 is 15.1 Å². The summed E-state index contributed by atoms with van der Waals surface area (Å²) in [5, 5.41) is 3.33. The Bertz CT molecular complexity index is 668. The number of hydrogen-bond acceptors (Lipinski definition) is 6. The molecule has 2 heterocycles. The van der Waals surface area contributed by atoms with E-state index in [-0.39, 0.29) is 5.82 Å². The highest BCUT2D eigenvalue weighted by molar-refractivity contribution is 5.52. The highest BCUT2D eigenvalue weighted by Gasteiger charge is 2.18. The fraction of sp³-hybridized carbons (Fsp3) is 0.444. The molecule has 1 aromatic carbocycles. The zero-order chi connectivity index (χ0) is 17.6. The summed E-state index contributed by atoms with van der Waals surface area (Å²) in [6.45, 7) is 5.34. The lowest BCUT2D eigenvalue weighted by Crippen LogP contribution is -2.46. The van der Waals surface area contributed by atoms with E-state index in [2.05, 4.69) is 30.0 Å². The number of nitrogens with one attached hydrogen (secondary N) is 1. The van der Waals surface area contributed by atoms with Gasteiger partial charge >= 0.3 is 0 Å². The van der Waals surface area contributed by atoms with Crippen molar-refractivity contribution in [1.29, 1.82) is 0 Å². The average Bonchev–Trinajstić information content (AvgIpc) is 2.62. The minimum absolute atomic E-state index is 0.197. The number of hydrogen-bond donors (Lipinski definition) is 1. The number of aromatic nitrogens is 2. The van der Waals surface area contributed by atoms with E-state index in [1.54, 1.807) is 6.33 Å². The van der Waals surface area contributed by atoms with Gasteiger partial charge in [-0.15, -0.1) is 0 Å². The number of benzene rings is 1. The molecule has 0 radical (unpaired) electrons. The van der Waals surface area contributed by atoms with Crippen molar-refractivity contribution in [1.82, 2.24) is 14.9 Å². The molecule has 1 aromatic heterocycles. The van der Waals surface area contributed by atoms with Gasteiger partial charge in [0.15, 0.2) is 0 Å². The SMILES string of the molecule is CN(C)CCNc1cc(N2CCN(c3ccc(F)cc3)CC2)ncn1. The van der Waals surface area contributed by atoms with E-state index >= 15 is 0 Å². The minimum atomic E-state index is -0.197. The maximum atomic E-state index is 13.1. The van der Waals surface area contributed by atoms with Gasteiger partial charge in [-0.05, 0) is 38.4 Å². The Morgan fingerprint density at radius 2 is 1.72 bits per heavy atom. The van der Waals surface area contributed by atoms with Gasteiger partial charge < -0.3 is 20.0 Å². The second-order valence-electron chi connectivity index (χ2n) is 6.44. The van der Waals surface area contributed by atoms with Gasteiger partial charge in [0.05, 0.1) is 0 Å². The molecular weight excluding hydrogens is 319 g/mol. The molecule has 0 spiro atoms. The lowest BCUT2D eigenvalue weighted by Gasteiger charge is -2.36. The first-order chi connectivity index (χ1) is 12.1. The number of anilines is 3. The van der Waals surface area contributed by atoms with Gasteiger partial charge in [0.25, 0.3) is 0 Å². The summed E-state index contributed by atoms with van der Waals surface area (Å²) in [6, 6.07) is 8.70. The second kappa shape index (κ2) is 8.11. The summed E-state index contributed by atoms with van der Waals surface area (Å²) in [5.74, 6) is 1.60. The molecule has 134 valence electrons. The lowest BCUT2D eigenvalue weighted by molar-refractivity contribution is 0.425. The van der Waals surface area contributed by atoms with Crippen LogP contribution in [-0.2, 0) is 0 Å². The van der Waals surface area contributed by atoms with Crippen LogP contribution >= 0.6 is 0 Å². The Balaban J connectivity index is 1.56. The van der Waals surface area contributed by atoms with Crippen LogP contribution in [0.1, 0.15) is 0 Å². The minimum Gasteiger partial charge on any atom is -0.369 e. The van der Waals surface area contributed by atoms with Crippen molar-refractivity contribution in [3.63, 3.8) is 0 Å². The second-order valence-corrected chi connectivity index (χ2v) is 6.44. The quantitative estimate of drug-likeness (QED) is 0.864. The Hall–Kier alpha value is -2.41. The largest absolute Gasteiger partial charge is 0.369 e. The zero-order valence-corrected chi connectivity index (χ0v) is 14.8. The van der Waals surface area contributed by atoms with Crippen LogP contribution in [0.3, 0.4) is 0 Å². The molecule has 25 heavy (non-hydrogen) atoms. The standard InChI is InChI=1S/C18H25FN6/c1-23(2)8-7-20-17-13-18(22-14-21-17)25-11-9-24(10-12-25)16-5-3-15(19)4-6-16/h3-6,13-14H,7-12H2,1-2H3,(H,20,21,22). The smallest absolute Gasteiger partial charge is 0.134 e. The molecule has 0 saturated carbocycles. The molecule has 3 rings (SSSR count). The number of nitrogens with zero attached hydrogens (tertiary/aromatic N) is 5. The predicted molar refractivity (Wildman–Crippen MR) is 99.9 cm³/mol. The van der Waals surface area contributed by atoms with E-state index in [0.717, 1.165) is 56.6 Å². The van der Waals surface area contributed by atoms with Crippen LogP contribution in [0.5, 0.6) is 0 Å². The van der Waals surface area contributed by atoms with E-state index < -0.39 is 0 Å². The molecule has 0 aliphatic carbocycles. The molecular formula is C18H25FN6. The van der Waals surface area contributed by atoms with Crippen molar-refractivity contribution in [3.8, 4) is 0 Å². The molecule has 0 amide bonds. The summed E-state index contributed by atoms with van der Waals surface area (Å²) in [4.78, 5) is 15.4. The number of likely N-dealkylation sites (N-methyl/N-ethyl adjacent to an activating group) is 1. The van der Waals surface area contributed by atoms with E-state index in [1.807, 2.05) is 32.3 Å². The van der Waals surface area contributed by atoms with Crippen LogP contribution in [0.2, 0.25) is 0 Å². The van der Waals surface area contributed by atoms with Crippen LogP contribution in [-0.4, -0.2) is 68.2 Å². The van der Waals surface area contributed by atoms with Crippen molar-refractivity contribution in [2.45, 2.75) is 0 Å². The fourth-order valence-electron chi connectivity index (χ4n) is 2.87. The van der Waals surface area contributed by atoms with Gasteiger partial charge in [-0.1, -0.05) is 0 Å². The van der Waals surface area contributed by atoms with Crippen molar-refractivity contribution in [2.75, 3.05) is 68.5 Å². The summed E-state index contributed by atoms with van der Waals surface area (Å²) in [6.07, 6.45) is 1.61. The van der Waals surface area contributed by atoms with Gasteiger partial charge in [-0.3, -0.25) is 0 Å². The van der Waals surface area contributed by atoms with Gasteiger partial charge in [0, 0.05) is 51.0 Å². The third-order valence-corrected chi connectivity index (χ3v) is 4.31. The normalized spacial score (nSPS) is 14.9. The number of piperazine rings is 1. The molecule has 0 bridgehead atoms. The van der Waals surface area contributed by atoms with E-state index in [1.165, 1.54) is 12.1 Å². The molecule has 1 aliphatic heterocycles. The number of halogens is 1. The topological polar surface area (TPSA) is 47.5 Å². The summed E-state index contributed by atoms with van der Waals surface area (Å²) >= 11 is 0. The molecule has 2 aromatic rings. The molecule has 6 nitrogen and oxygen atoms in total. The summed E-state index contributed by atoms with van der Waals surface area (Å²) in [5.41, 5.74) is 1.06. The summed E-state index contributed by atoms with van der Waals surface area (Å²) < 4.78 is 13.1. The van der Waals surface area contributed by atoms with Crippen molar-refractivity contribution < 1.29 is 4.39 Å². The first-order valence-corrected chi connectivity index (χ1v) is 8.58. The fourth-order valence-corrected chi connectivity index (χ4v) is 2.87. The first kappa shape index (κ1) is 17.4. The highest BCUT2D eigenvalue weighted by atomic mass is 19.1. The Kier molecular flexibility index (Phi) is 5.65.